The van der Waals surface area contributed by atoms with Crippen LogP contribution in [0.5, 0.6) is 0 Å². The largest absolute Gasteiger partial charge is 0.237 e. The first-order valence-corrected chi connectivity index (χ1v) is 10.8. The van der Waals surface area contributed by atoms with Crippen LogP contribution < -0.4 is 15.9 Å². The van der Waals surface area contributed by atoms with E-state index in [2.05, 4.69) is 109 Å². The molecule has 4 rings (SSSR count). The van der Waals surface area contributed by atoms with Crippen molar-refractivity contribution in [1.82, 2.24) is 4.98 Å². The molecule has 0 radical (unpaired) electrons. The van der Waals surface area contributed by atoms with Gasteiger partial charge in [-0.1, -0.05) is 97.1 Å². The number of rotatable bonds is 4. The zero-order valence-electron chi connectivity index (χ0n) is 15.2. The molecule has 27 heavy (non-hydrogen) atoms. The standard InChI is InChI=1S/C24H21N2P/c1-20-12-11-19-25-24(20)26-27(21-13-5-2-6-14-21,22-15-7-3-8-16-22)23-17-9-4-10-18-23/h2-19H,1H3. The second-order valence-corrected chi connectivity index (χ2v) is 9.41. The average Bonchev–Trinajstić information content (AvgIpc) is 2.75. The number of aryl methyl sites for hydroxylation is 1. The van der Waals surface area contributed by atoms with Gasteiger partial charge in [0, 0.05) is 22.1 Å². The molecule has 4 aromatic rings. The first-order valence-electron chi connectivity index (χ1n) is 9.01. The van der Waals surface area contributed by atoms with Crippen molar-refractivity contribution in [2.24, 2.45) is 4.74 Å². The zero-order valence-corrected chi connectivity index (χ0v) is 16.1. The summed E-state index contributed by atoms with van der Waals surface area (Å²) in [5.74, 6) is 0.808. The molecule has 0 aliphatic heterocycles. The Morgan fingerprint density at radius 3 is 1.44 bits per heavy atom. The lowest BCUT2D eigenvalue weighted by atomic mass is 10.3. The third-order valence-corrected chi connectivity index (χ3v) is 8.24. The van der Waals surface area contributed by atoms with Crippen LogP contribution in [0.3, 0.4) is 0 Å². The van der Waals surface area contributed by atoms with Gasteiger partial charge in [0.15, 0.2) is 5.82 Å². The second kappa shape index (κ2) is 7.73. The molecule has 0 amide bonds. The molecule has 1 aromatic heterocycles. The molecule has 0 unspecified atom stereocenters. The molecule has 0 saturated carbocycles. The molecule has 0 N–H and O–H groups in total. The third kappa shape index (κ3) is 3.37. The fraction of sp³-hybridized carbons (Fsp3) is 0.0417. The van der Waals surface area contributed by atoms with E-state index in [0.717, 1.165) is 11.4 Å². The lowest BCUT2D eigenvalue weighted by molar-refractivity contribution is 1.23. The van der Waals surface area contributed by atoms with E-state index >= 15 is 0 Å². The van der Waals surface area contributed by atoms with Crippen molar-refractivity contribution in [3.63, 3.8) is 0 Å². The van der Waals surface area contributed by atoms with Crippen molar-refractivity contribution in [2.75, 3.05) is 0 Å². The van der Waals surface area contributed by atoms with E-state index in [4.69, 9.17) is 4.74 Å². The molecule has 0 saturated heterocycles. The van der Waals surface area contributed by atoms with E-state index < -0.39 is 7.05 Å². The Hall–Kier alpha value is -2.96. The zero-order chi connectivity index (χ0) is 18.5. The van der Waals surface area contributed by atoms with Crippen LogP contribution in [0.25, 0.3) is 0 Å². The van der Waals surface area contributed by atoms with Gasteiger partial charge in [-0.05, 0) is 18.6 Å². The van der Waals surface area contributed by atoms with Crippen molar-refractivity contribution >= 4 is 28.8 Å². The maximum absolute atomic E-state index is 5.40. The highest BCUT2D eigenvalue weighted by Gasteiger charge is 2.27. The predicted molar refractivity (Wildman–Crippen MR) is 116 cm³/mol. The second-order valence-electron chi connectivity index (χ2n) is 6.39. The molecule has 2 nitrogen and oxygen atoms in total. The average molecular weight is 368 g/mol. The maximum atomic E-state index is 5.40. The molecule has 0 bridgehead atoms. The predicted octanol–water partition coefficient (Wildman–Crippen LogP) is 5.20. The highest BCUT2D eigenvalue weighted by atomic mass is 31.2. The van der Waals surface area contributed by atoms with Gasteiger partial charge in [-0.2, -0.15) is 0 Å². The van der Waals surface area contributed by atoms with Crippen molar-refractivity contribution in [3.8, 4) is 0 Å². The van der Waals surface area contributed by atoms with Gasteiger partial charge in [-0.3, -0.25) is 0 Å². The third-order valence-electron chi connectivity index (χ3n) is 4.62. The summed E-state index contributed by atoms with van der Waals surface area (Å²) in [4.78, 5) is 4.60. The minimum absolute atomic E-state index is 0.808. The Kier molecular flexibility index (Phi) is 5.00. The summed E-state index contributed by atoms with van der Waals surface area (Å²) in [5.41, 5.74) is 1.09. The first-order chi connectivity index (χ1) is 13.3. The molecular weight excluding hydrogens is 347 g/mol. The quantitative estimate of drug-likeness (QED) is 0.455. The lowest BCUT2D eigenvalue weighted by Gasteiger charge is -2.26. The van der Waals surface area contributed by atoms with Crippen LogP contribution in [0.2, 0.25) is 0 Å². The Morgan fingerprint density at radius 1 is 0.593 bits per heavy atom. The molecule has 0 aliphatic carbocycles. The van der Waals surface area contributed by atoms with Gasteiger partial charge in [0.2, 0.25) is 0 Å². The van der Waals surface area contributed by atoms with Crippen molar-refractivity contribution in [3.05, 3.63) is 115 Å². The Labute approximate surface area is 160 Å². The van der Waals surface area contributed by atoms with Gasteiger partial charge >= 0.3 is 0 Å². The first kappa shape index (κ1) is 17.5. The minimum Gasteiger partial charge on any atom is -0.237 e. The molecule has 1 heterocycles. The maximum Gasteiger partial charge on any atom is 0.154 e. The van der Waals surface area contributed by atoms with Gasteiger partial charge in [-0.25, -0.2) is 9.73 Å². The van der Waals surface area contributed by atoms with E-state index in [1.807, 2.05) is 12.3 Å². The topological polar surface area (TPSA) is 25.2 Å². The number of hydrogen-bond donors (Lipinski definition) is 0. The van der Waals surface area contributed by atoms with Gasteiger partial charge in [0.25, 0.3) is 0 Å². The molecule has 0 spiro atoms. The van der Waals surface area contributed by atoms with Crippen LogP contribution in [0.15, 0.2) is 114 Å². The van der Waals surface area contributed by atoms with E-state index in [1.54, 1.807) is 0 Å². The molecule has 0 aliphatic rings. The fourth-order valence-corrected chi connectivity index (χ4v) is 6.82. The van der Waals surface area contributed by atoms with Crippen LogP contribution in [0, 0.1) is 6.92 Å². The van der Waals surface area contributed by atoms with E-state index in [0.29, 0.717) is 0 Å². The van der Waals surface area contributed by atoms with E-state index in [9.17, 15) is 0 Å². The van der Waals surface area contributed by atoms with E-state index in [1.165, 1.54) is 15.9 Å². The Bertz CT molecular complexity index is 971. The molecule has 3 heteroatoms. The summed E-state index contributed by atoms with van der Waals surface area (Å²) in [6, 6.07) is 35.9. The number of aromatic nitrogens is 1. The van der Waals surface area contributed by atoms with E-state index in [-0.39, 0.29) is 0 Å². The molecule has 132 valence electrons. The van der Waals surface area contributed by atoms with Crippen LogP contribution >= 0.6 is 7.05 Å². The number of hydrogen-bond acceptors (Lipinski definition) is 2. The van der Waals surface area contributed by atoms with Crippen molar-refractivity contribution in [1.29, 1.82) is 0 Å². The number of benzene rings is 3. The van der Waals surface area contributed by atoms with Crippen molar-refractivity contribution < 1.29 is 0 Å². The van der Waals surface area contributed by atoms with Crippen LogP contribution in [0.1, 0.15) is 5.56 Å². The summed E-state index contributed by atoms with van der Waals surface area (Å²) >= 11 is 0. The Morgan fingerprint density at radius 2 is 1.04 bits per heavy atom. The van der Waals surface area contributed by atoms with Crippen LogP contribution in [-0.4, -0.2) is 4.98 Å². The molecule has 0 fully saturated rings. The summed E-state index contributed by atoms with van der Waals surface area (Å²) in [5, 5.41) is 3.69. The number of nitrogens with zero attached hydrogens (tertiary/aromatic N) is 2. The van der Waals surface area contributed by atoms with Gasteiger partial charge in [0.1, 0.15) is 0 Å². The summed E-state index contributed by atoms with van der Waals surface area (Å²) < 4.78 is 5.40. The summed E-state index contributed by atoms with van der Waals surface area (Å²) in [6.07, 6.45) is 1.82. The van der Waals surface area contributed by atoms with Gasteiger partial charge in [0.05, 0.1) is 7.05 Å². The van der Waals surface area contributed by atoms with Gasteiger partial charge < -0.3 is 0 Å². The molecule has 0 atom stereocenters. The smallest absolute Gasteiger partial charge is 0.154 e. The highest BCUT2D eigenvalue weighted by Crippen LogP contribution is 2.49. The van der Waals surface area contributed by atoms with Crippen LogP contribution in [0.4, 0.5) is 5.82 Å². The molecule has 3 aromatic carbocycles. The fourth-order valence-electron chi connectivity index (χ4n) is 3.28. The van der Waals surface area contributed by atoms with Crippen LogP contribution in [-0.2, 0) is 0 Å². The van der Waals surface area contributed by atoms with Gasteiger partial charge in [-0.15, -0.1) is 0 Å². The normalized spacial score (nSPS) is 11.1. The summed E-state index contributed by atoms with van der Waals surface area (Å²) in [6.45, 7) is 2.07. The van der Waals surface area contributed by atoms with Crippen molar-refractivity contribution in [2.45, 2.75) is 6.92 Å². The minimum atomic E-state index is -2.24. The number of pyridine rings is 1. The molecular formula is C24H21N2P. The highest BCUT2D eigenvalue weighted by molar-refractivity contribution is 7.87. The monoisotopic (exact) mass is 368 g/mol. The summed E-state index contributed by atoms with van der Waals surface area (Å²) in [7, 11) is -2.24. The lowest BCUT2D eigenvalue weighted by Crippen LogP contribution is -2.25. The Balaban J connectivity index is 2.15. The SMILES string of the molecule is Cc1cccnc1N=P(c1ccccc1)(c1ccccc1)c1ccccc1.